The van der Waals surface area contributed by atoms with Gasteiger partial charge in [0.05, 0.1) is 0 Å². The molecule has 0 amide bonds. The third kappa shape index (κ3) is 1.37. The Hall–Kier alpha value is -1.88. The zero-order valence-corrected chi connectivity index (χ0v) is 8.60. The summed E-state index contributed by atoms with van der Waals surface area (Å²) in [5.41, 5.74) is -1.28. The van der Waals surface area contributed by atoms with E-state index in [4.69, 9.17) is 14.6 Å². The normalized spacial score (nSPS) is 23.4. The monoisotopic (exact) mass is 222 g/mol. The van der Waals surface area contributed by atoms with E-state index in [2.05, 4.69) is 0 Å². The first-order valence-corrected chi connectivity index (χ1v) is 4.69. The number of fused-ring (bicyclic) bond motifs is 1. The molecule has 1 N–H and O–H groups in total. The number of hydrogen-bond donors (Lipinski definition) is 1. The van der Waals surface area contributed by atoms with Crippen LogP contribution in [0.1, 0.15) is 5.56 Å². The van der Waals surface area contributed by atoms with E-state index in [0.717, 1.165) is 0 Å². The highest BCUT2D eigenvalue weighted by Crippen LogP contribution is 2.32. The first-order valence-electron chi connectivity index (χ1n) is 4.69. The molecular weight excluding hydrogens is 212 g/mol. The molecule has 0 aliphatic carbocycles. The highest BCUT2D eigenvalue weighted by molar-refractivity contribution is 6.05. The summed E-state index contributed by atoms with van der Waals surface area (Å²) in [6.45, 7) is 0. The smallest absolute Gasteiger partial charge is 0.356 e. The summed E-state index contributed by atoms with van der Waals surface area (Å²) in [6.07, 6.45) is -0.0200. The number of carboxylic acid groups (broad SMARTS) is 1. The summed E-state index contributed by atoms with van der Waals surface area (Å²) < 4.78 is 9.79. The number of hydrogen-bond acceptors (Lipinski definition) is 4. The molecule has 16 heavy (non-hydrogen) atoms. The summed E-state index contributed by atoms with van der Waals surface area (Å²) in [4.78, 5) is 22.7. The molecule has 1 unspecified atom stereocenters. The molecule has 0 aromatic heterocycles. The lowest BCUT2D eigenvalue weighted by molar-refractivity contribution is -0.179. The van der Waals surface area contributed by atoms with E-state index < -0.39 is 17.5 Å². The van der Waals surface area contributed by atoms with Gasteiger partial charge in [0, 0.05) is 13.5 Å². The molecule has 2 rings (SSSR count). The Bertz CT molecular complexity index is 453. The average Bonchev–Trinajstić information content (AvgIpc) is 2.27. The maximum Gasteiger partial charge on any atom is 0.356 e. The van der Waals surface area contributed by atoms with Crippen LogP contribution in [0.2, 0.25) is 0 Å². The number of benzene rings is 1. The number of esters is 1. The quantitative estimate of drug-likeness (QED) is 0.451. The molecule has 0 fully saturated rings. The standard InChI is InChI=1S/C11H10O5/c1-15-11(9(12)13)6-7-4-2-3-5-8(7)16-10(11)14/h2-5H,6H2,1H3,(H,12,13). The second-order valence-electron chi connectivity index (χ2n) is 3.51. The van der Waals surface area contributed by atoms with Crippen molar-refractivity contribution >= 4 is 11.9 Å². The molecular formula is C11H10O5. The van der Waals surface area contributed by atoms with Crippen molar-refractivity contribution in [3.8, 4) is 5.75 Å². The second kappa shape index (κ2) is 3.61. The van der Waals surface area contributed by atoms with Gasteiger partial charge in [0.25, 0.3) is 5.60 Å². The highest BCUT2D eigenvalue weighted by Gasteiger charge is 2.51. The van der Waals surface area contributed by atoms with Crippen LogP contribution in [0.3, 0.4) is 0 Å². The highest BCUT2D eigenvalue weighted by atomic mass is 16.6. The van der Waals surface area contributed by atoms with E-state index >= 15 is 0 Å². The van der Waals surface area contributed by atoms with Crippen molar-refractivity contribution in [3.05, 3.63) is 29.8 Å². The minimum Gasteiger partial charge on any atom is -0.479 e. The number of para-hydroxylation sites is 1. The maximum atomic E-state index is 11.6. The minimum atomic E-state index is -1.92. The van der Waals surface area contributed by atoms with Crippen LogP contribution in [-0.2, 0) is 20.7 Å². The van der Waals surface area contributed by atoms with Crippen molar-refractivity contribution in [2.45, 2.75) is 12.0 Å². The molecule has 1 heterocycles. The van der Waals surface area contributed by atoms with Gasteiger partial charge in [-0.15, -0.1) is 0 Å². The summed E-state index contributed by atoms with van der Waals surface area (Å²) in [5.74, 6) is -1.84. The molecule has 1 aromatic carbocycles. The Morgan fingerprint density at radius 3 is 2.81 bits per heavy atom. The largest absolute Gasteiger partial charge is 0.479 e. The van der Waals surface area contributed by atoms with Crippen LogP contribution in [0.25, 0.3) is 0 Å². The zero-order chi connectivity index (χ0) is 11.8. The van der Waals surface area contributed by atoms with Gasteiger partial charge in [-0.05, 0) is 11.6 Å². The van der Waals surface area contributed by atoms with Crippen molar-refractivity contribution in [3.63, 3.8) is 0 Å². The Balaban J connectivity index is 2.48. The van der Waals surface area contributed by atoms with Gasteiger partial charge in [-0.1, -0.05) is 18.2 Å². The first-order chi connectivity index (χ1) is 7.60. The molecule has 0 saturated heterocycles. The minimum absolute atomic E-state index is 0.0200. The molecule has 1 aliphatic rings. The Labute approximate surface area is 91.6 Å². The number of carbonyl (C=O) groups is 2. The Morgan fingerprint density at radius 1 is 1.50 bits per heavy atom. The molecule has 5 nitrogen and oxygen atoms in total. The fraction of sp³-hybridized carbons (Fsp3) is 0.273. The lowest BCUT2D eigenvalue weighted by Gasteiger charge is -2.30. The van der Waals surface area contributed by atoms with E-state index in [1.54, 1.807) is 24.3 Å². The predicted octanol–water partition coefficient (Wildman–Crippen LogP) is 0.618. The van der Waals surface area contributed by atoms with Crippen molar-refractivity contribution in [1.29, 1.82) is 0 Å². The SMILES string of the molecule is COC1(C(=O)O)Cc2ccccc2OC1=O. The number of carbonyl (C=O) groups excluding carboxylic acids is 1. The molecule has 0 saturated carbocycles. The Morgan fingerprint density at radius 2 is 2.19 bits per heavy atom. The third-order valence-electron chi connectivity index (χ3n) is 2.64. The van der Waals surface area contributed by atoms with Gasteiger partial charge in [0.15, 0.2) is 0 Å². The molecule has 1 atom stereocenters. The van der Waals surface area contributed by atoms with Crippen LogP contribution in [-0.4, -0.2) is 29.8 Å². The number of methoxy groups -OCH3 is 1. The zero-order valence-electron chi connectivity index (χ0n) is 8.60. The lowest BCUT2D eigenvalue weighted by atomic mass is 9.91. The molecule has 1 aromatic rings. The van der Waals surface area contributed by atoms with Crippen molar-refractivity contribution < 1.29 is 24.2 Å². The van der Waals surface area contributed by atoms with Gasteiger partial charge in [-0.3, -0.25) is 0 Å². The molecule has 84 valence electrons. The van der Waals surface area contributed by atoms with Crippen LogP contribution in [0, 0.1) is 0 Å². The van der Waals surface area contributed by atoms with Gasteiger partial charge in [0.1, 0.15) is 5.75 Å². The van der Waals surface area contributed by atoms with Crippen LogP contribution in [0.5, 0.6) is 5.75 Å². The topological polar surface area (TPSA) is 72.8 Å². The molecule has 1 aliphatic heterocycles. The number of rotatable bonds is 2. The van der Waals surface area contributed by atoms with Crippen molar-refractivity contribution in [2.24, 2.45) is 0 Å². The molecule has 0 spiro atoms. The third-order valence-corrected chi connectivity index (χ3v) is 2.64. The van der Waals surface area contributed by atoms with Gasteiger partial charge < -0.3 is 14.6 Å². The van der Waals surface area contributed by atoms with Gasteiger partial charge >= 0.3 is 11.9 Å². The summed E-state index contributed by atoms with van der Waals surface area (Å²) in [6, 6.07) is 6.79. The fourth-order valence-electron chi connectivity index (χ4n) is 1.68. The van der Waals surface area contributed by atoms with Gasteiger partial charge in [-0.25, -0.2) is 9.59 Å². The number of carboxylic acids is 1. The second-order valence-corrected chi connectivity index (χ2v) is 3.51. The van der Waals surface area contributed by atoms with Crippen LogP contribution < -0.4 is 4.74 Å². The van der Waals surface area contributed by atoms with Crippen LogP contribution in [0.4, 0.5) is 0 Å². The number of aliphatic carboxylic acids is 1. The summed E-state index contributed by atoms with van der Waals surface area (Å²) in [7, 11) is 1.18. The van der Waals surface area contributed by atoms with E-state index in [9.17, 15) is 9.59 Å². The van der Waals surface area contributed by atoms with Crippen molar-refractivity contribution in [2.75, 3.05) is 7.11 Å². The predicted molar refractivity (Wildman–Crippen MR) is 53.2 cm³/mol. The fourth-order valence-corrected chi connectivity index (χ4v) is 1.68. The lowest BCUT2D eigenvalue weighted by Crippen LogP contribution is -2.54. The van der Waals surface area contributed by atoms with E-state index in [1.807, 2.05) is 0 Å². The van der Waals surface area contributed by atoms with Gasteiger partial charge in [-0.2, -0.15) is 0 Å². The van der Waals surface area contributed by atoms with Crippen LogP contribution >= 0.6 is 0 Å². The molecule has 0 radical (unpaired) electrons. The average molecular weight is 222 g/mol. The molecule has 0 bridgehead atoms. The maximum absolute atomic E-state index is 11.6. The van der Waals surface area contributed by atoms with E-state index in [1.165, 1.54) is 7.11 Å². The van der Waals surface area contributed by atoms with Gasteiger partial charge in [0.2, 0.25) is 0 Å². The Kier molecular flexibility index (Phi) is 2.40. The van der Waals surface area contributed by atoms with Crippen molar-refractivity contribution in [1.82, 2.24) is 0 Å². The summed E-state index contributed by atoms with van der Waals surface area (Å²) >= 11 is 0. The van der Waals surface area contributed by atoms with Crippen LogP contribution in [0.15, 0.2) is 24.3 Å². The molecule has 5 heteroatoms. The number of ether oxygens (including phenoxy) is 2. The first kappa shape index (κ1) is 10.6. The summed E-state index contributed by atoms with van der Waals surface area (Å²) in [5, 5.41) is 9.06. The van der Waals surface area contributed by atoms with E-state index in [0.29, 0.717) is 11.3 Å². The van der Waals surface area contributed by atoms with E-state index in [-0.39, 0.29) is 6.42 Å².